The lowest BCUT2D eigenvalue weighted by molar-refractivity contribution is 0.475. The number of hydrogen-bond acceptors (Lipinski definition) is 3. The topological polar surface area (TPSA) is 33.1 Å². The molecule has 0 amide bonds. The molecule has 0 saturated carbocycles. The van der Waals surface area contributed by atoms with Gasteiger partial charge in [0.05, 0.1) is 5.69 Å². The molecule has 2 rings (SSSR count). The first-order chi connectivity index (χ1) is 5.86. The lowest BCUT2D eigenvalue weighted by Crippen LogP contribution is -1.74. The van der Waals surface area contributed by atoms with Gasteiger partial charge in [0.15, 0.2) is 0 Å². The molecular formula is C9H7NOS. The van der Waals surface area contributed by atoms with E-state index in [4.69, 9.17) is 5.11 Å². The van der Waals surface area contributed by atoms with Crippen LogP contribution in [-0.4, -0.2) is 9.48 Å². The first kappa shape index (κ1) is 7.31. The maximum absolute atomic E-state index is 9.04. The molecule has 0 saturated heterocycles. The van der Waals surface area contributed by atoms with Gasteiger partial charge in [0, 0.05) is 10.9 Å². The predicted octanol–water partition coefficient (Wildman–Crippen LogP) is 2.52. The maximum Gasteiger partial charge on any atom is 0.115 e. The molecule has 1 heterocycles. The molecule has 0 unspecified atom stereocenters. The standard InChI is InChI=1S/C9H7NOS/c11-8-3-1-7(2-4-8)9-5-6-12-10-9/h1-6,11H. The first-order valence-corrected chi connectivity index (χ1v) is 4.40. The third-order valence-corrected chi connectivity index (χ3v) is 2.16. The molecule has 1 aromatic carbocycles. The number of aromatic nitrogens is 1. The Kier molecular flexibility index (Phi) is 1.80. The van der Waals surface area contributed by atoms with Gasteiger partial charge in [-0.15, -0.1) is 0 Å². The fraction of sp³-hybridized carbons (Fsp3) is 0. The maximum atomic E-state index is 9.04. The SMILES string of the molecule is Oc1ccc(-c2ccsn2)cc1. The van der Waals surface area contributed by atoms with Crippen LogP contribution in [0.25, 0.3) is 11.3 Å². The fourth-order valence-corrected chi connectivity index (χ4v) is 1.52. The van der Waals surface area contributed by atoms with Crippen LogP contribution in [0.1, 0.15) is 0 Å². The highest BCUT2D eigenvalue weighted by molar-refractivity contribution is 7.03. The van der Waals surface area contributed by atoms with Crippen LogP contribution in [-0.2, 0) is 0 Å². The molecule has 0 atom stereocenters. The molecule has 12 heavy (non-hydrogen) atoms. The molecule has 2 aromatic rings. The smallest absolute Gasteiger partial charge is 0.115 e. The van der Waals surface area contributed by atoms with Crippen molar-refractivity contribution in [3.05, 3.63) is 35.7 Å². The highest BCUT2D eigenvalue weighted by Gasteiger charge is 1.97. The minimum absolute atomic E-state index is 0.286. The van der Waals surface area contributed by atoms with Crippen molar-refractivity contribution >= 4 is 11.5 Å². The lowest BCUT2D eigenvalue weighted by Gasteiger charge is -1.95. The summed E-state index contributed by atoms with van der Waals surface area (Å²) in [6.45, 7) is 0. The van der Waals surface area contributed by atoms with Crippen molar-refractivity contribution in [2.24, 2.45) is 0 Å². The number of phenols is 1. The Hall–Kier alpha value is -1.35. The molecule has 0 aliphatic heterocycles. The molecule has 0 bridgehead atoms. The molecule has 0 aliphatic rings. The minimum atomic E-state index is 0.286. The molecule has 2 nitrogen and oxygen atoms in total. The summed E-state index contributed by atoms with van der Waals surface area (Å²) in [5, 5.41) is 11.0. The largest absolute Gasteiger partial charge is 0.508 e. The van der Waals surface area contributed by atoms with Gasteiger partial charge in [-0.05, 0) is 41.9 Å². The van der Waals surface area contributed by atoms with Gasteiger partial charge in [0.1, 0.15) is 5.75 Å². The number of benzene rings is 1. The quantitative estimate of drug-likeness (QED) is 0.726. The Morgan fingerprint density at radius 3 is 2.42 bits per heavy atom. The average Bonchev–Trinajstić information content (AvgIpc) is 2.58. The highest BCUT2D eigenvalue weighted by Crippen LogP contribution is 2.20. The molecule has 0 fully saturated rings. The van der Waals surface area contributed by atoms with Crippen LogP contribution in [0.15, 0.2) is 35.7 Å². The van der Waals surface area contributed by atoms with E-state index >= 15 is 0 Å². The van der Waals surface area contributed by atoms with Crippen LogP contribution in [0.2, 0.25) is 0 Å². The normalized spacial score (nSPS) is 10.0. The Labute approximate surface area is 74.3 Å². The van der Waals surface area contributed by atoms with Crippen molar-refractivity contribution < 1.29 is 5.11 Å². The molecule has 60 valence electrons. The third kappa shape index (κ3) is 1.31. The van der Waals surface area contributed by atoms with Crippen molar-refractivity contribution in [2.75, 3.05) is 0 Å². The van der Waals surface area contributed by atoms with E-state index in [-0.39, 0.29) is 5.75 Å². The third-order valence-electron chi connectivity index (χ3n) is 1.60. The summed E-state index contributed by atoms with van der Waals surface area (Å²) in [5.41, 5.74) is 1.99. The van der Waals surface area contributed by atoms with Crippen molar-refractivity contribution in [3.63, 3.8) is 0 Å². The van der Waals surface area contributed by atoms with Gasteiger partial charge < -0.3 is 5.11 Å². The van der Waals surface area contributed by atoms with E-state index in [2.05, 4.69) is 4.37 Å². The fourth-order valence-electron chi connectivity index (χ4n) is 0.994. The van der Waals surface area contributed by atoms with Crippen LogP contribution >= 0.6 is 11.5 Å². The molecule has 0 radical (unpaired) electrons. The minimum Gasteiger partial charge on any atom is -0.508 e. The zero-order valence-corrected chi connectivity index (χ0v) is 7.08. The number of phenolic OH excluding ortho intramolecular Hbond substituents is 1. The average molecular weight is 177 g/mol. The second kappa shape index (κ2) is 2.95. The molecule has 1 aromatic heterocycles. The van der Waals surface area contributed by atoms with E-state index in [0.717, 1.165) is 11.3 Å². The van der Waals surface area contributed by atoms with Crippen molar-refractivity contribution in [1.29, 1.82) is 0 Å². The summed E-state index contributed by atoms with van der Waals surface area (Å²) in [7, 11) is 0. The van der Waals surface area contributed by atoms with E-state index in [0.29, 0.717) is 0 Å². The Balaban J connectivity index is 2.43. The molecule has 0 spiro atoms. The Bertz CT molecular complexity index is 353. The van der Waals surface area contributed by atoms with Gasteiger partial charge in [0.2, 0.25) is 0 Å². The van der Waals surface area contributed by atoms with Crippen LogP contribution in [0.4, 0.5) is 0 Å². The van der Waals surface area contributed by atoms with E-state index < -0.39 is 0 Å². The van der Waals surface area contributed by atoms with Crippen molar-refractivity contribution in [3.8, 4) is 17.0 Å². The number of hydrogen-bond donors (Lipinski definition) is 1. The van der Waals surface area contributed by atoms with Gasteiger partial charge in [-0.3, -0.25) is 0 Å². The first-order valence-electron chi connectivity index (χ1n) is 3.56. The molecule has 3 heteroatoms. The summed E-state index contributed by atoms with van der Waals surface area (Å²) in [6.07, 6.45) is 0. The van der Waals surface area contributed by atoms with E-state index in [9.17, 15) is 0 Å². The summed E-state index contributed by atoms with van der Waals surface area (Å²) < 4.78 is 4.18. The van der Waals surface area contributed by atoms with Crippen molar-refractivity contribution in [1.82, 2.24) is 4.37 Å². The van der Waals surface area contributed by atoms with Gasteiger partial charge in [-0.1, -0.05) is 0 Å². The van der Waals surface area contributed by atoms with Gasteiger partial charge in [-0.2, -0.15) is 4.37 Å². The van der Waals surface area contributed by atoms with Gasteiger partial charge >= 0.3 is 0 Å². The summed E-state index contributed by atoms with van der Waals surface area (Å²) in [5.74, 6) is 0.286. The van der Waals surface area contributed by atoms with E-state index in [1.807, 2.05) is 23.6 Å². The Morgan fingerprint density at radius 2 is 1.83 bits per heavy atom. The van der Waals surface area contributed by atoms with Crippen molar-refractivity contribution in [2.45, 2.75) is 0 Å². The monoisotopic (exact) mass is 177 g/mol. The second-order valence-corrected chi connectivity index (χ2v) is 3.10. The lowest BCUT2D eigenvalue weighted by atomic mass is 10.1. The van der Waals surface area contributed by atoms with E-state index in [1.165, 1.54) is 11.5 Å². The Morgan fingerprint density at radius 1 is 1.08 bits per heavy atom. The van der Waals surface area contributed by atoms with Gasteiger partial charge in [-0.25, -0.2) is 0 Å². The zero-order valence-electron chi connectivity index (χ0n) is 6.27. The zero-order chi connectivity index (χ0) is 8.39. The molecule has 1 N–H and O–H groups in total. The summed E-state index contributed by atoms with van der Waals surface area (Å²) in [4.78, 5) is 0. The molecule has 0 aliphatic carbocycles. The number of nitrogens with zero attached hydrogens (tertiary/aromatic N) is 1. The van der Waals surface area contributed by atoms with Gasteiger partial charge in [0.25, 0.3) is 0 Å². The predicted molar refractivity (Wildman–Crippen MR) is 49.2 cm³/mol. The summed E-state index contributed by atoms with van der Waals surface area (Å²) >= 11 is 1.43. The van der Waals surface area contributed by atoms with Crippen LogP contribution in [0, 0.1) is 0 Å². The van der Waals surface area contributed by atoms with Crippen LogP contribution in [0.5, 0.6) is 5.75 Å². The highest BCUT2D eigenvalue weighted by atomic mass is 32.1. The van der Waals surface area contributed by atoms with Crippen LogP contribution in [0.3, 0.4) is 0 Å². The molecular weight excluding hydrogens is 170 g/mol. The van der Waals surface area contributed by atoms with E-state index in [1.54, 1.807) is 12.1 Å². The summed E-state index contributed by atoms with van der Waals surface area (Å²) in [6, 6.07) is 8.98. The second-order valence-electron chi connectivity index (χ2n) is 2.43. The number of rotatable bonds is 1. The van der Waals surface area contributed by atoms with Crippen LogP contribution < -0.4 is 0 Å². The number of aromatic hydroxyl groups is 1.